The van der Waals surface area contributed by atoms with Gasteiger partial charge in [0.1, 0.15) is 5.75 Å². The fourth-order valence-corrected chi connectivity index (χ4v) is 3.05. The first-order valence-corrected chi connectivity index (χ1v) is 8.29. The molecule has 7 heteroatoms. The van der Waals surface area contributed by atoms with Crippen LogP contribution in [-0.2, 0) is 9.59 Å². The molecule has 0 bridgehead atoms. The van der Waals surface area contributed by atoms with Crippen LogP contribution >= 0.6 is 11.3 Å². The van der Waals surface area contributed by atoms with Crippen molar-refractivity contribution in [1.82, 2.24) is 4.98 Å². The molecule has 1 atom stereocenters. The Morgan fingerprint density at radius 3 is 2.87 bits per heavy atom. The molecule has 1 aromatic heterocycles. The zero-order valence-electron chi connectivity index (χ0n) is 12.7. The third-order valence-corrected chi connectivity index (χ3v) is 4.31. The highest BCUT2D eigenvalue weighted by Gasteiger charge is 2.35. The fourth-order valence-electron chi connectivity index (χ4n) is 2.51. The SMILES string of the molecule is CCOc1ccc(N2C[C@H](C(=O)Nc3nccs3)CC2=O)cc1. The molecule has 2 heterocycles. The predicted molar refractivity (Wildman–Crippen MR) is 88.8 cm³/mol. The second-order valence-corrected chi connectivity index (χ2v) is 6.05. The first-order chi connectivity index (χ1) is 11.2. The lowest BCUT2D eigenvalue weighted by Gasteiger charge is -2.17. The van der Waals surface area contributed by atoms with E-state index in [4.69, 9.17) is 4.74 Å². The van der Waals surface area contributed by atoms with Crippen molar-refractivity contribution >= 4 is 34.0 Å². The maximum Gasteiger partial charge on any atom is 0.231 e. The van der Waals surface area contributed by atoms with Gasteiger partial charge < -0.3 is 15.0 Å². The van der Waals surface area contributed by atoms with Crippen LogP contribution in [0.1, 0.15) is 13.3 Å². The lowest BCUT2D eigenvalue weighted by molar-refractivity contribution is -0.122. The van der Waals surface area contributed by atoms with E-state index in [1.54, 1.807) is 16.5 Å². The number of aromatic nitrogens is 1. The minimum atomic E-state index is -0.363. The number of benzene rings is 1. The van der Waals surface area contributed by atoms with E-state index in [1.807, 2.05) is 31.2 Å². The van der Waals surface area contributed by atoms with Gasteiger partial charge in [0.05, 0.1) is 12.5 Å². The highest BCUT2D eigenvalue weighted by atomic mass is 32.1. The molecule has 0 radical (unpaired) electrons. The molecule has 1 aliphatic heterocycles. The van der Waals surface area contributed by atoms with Crippen molar-refractivity contribution < 1.29 is 14.3 Å². The van der Waals surface area contributed by atoms with Gasteiger partial charge in [-0.25, -0.2) is 4.98 Å². The van der Waals surface area contributed by atoms with Crippen LogP contribution < -0.4 is 15.0 Å². The Balaban J connectivity index is 1.66. The van der Waals surface area contributed by atoms with Crippen molar-refractivity contribution in [3.05, 3.63) is 35.8 Å². The van der Waals surface area contributed by atoms with E-state index >= 15 is 0 Å². The van der Waals surface area contributed by atoms with Gasteiger partial charge in [-0.1, -0.05) is 0 Å². The van der Waals surface area contributed by atoms with Gasteiger partial charge in [0.25, 0.3) is 0 Å². The van der Waals surface area contributed by atoms with Crippen molar-refractivity contribution in [2.45, 2.75) is 13.3 Å². The monoisotopic (exact) mass is 331 g/mol. The number of hydrogen-bond acceptors (Lipinski definition) is 5. The van der Waals surface area contributed by atoms with Crippen molar-refractivity contribution in [1.29, 1.82) is 0 Å². The molecule has 23 heavy (non-hydrogen) atoms. The summed E-state index contributed by atoms with van der Waals surface area (Å²) >= 11 is 1.36. The molecule has 0 saturated carbocycles. The summed E-state index contributed by atoms with van der Waals surface area (Å²) in [6, 6.07) is 7.33. The maximum atomic E-state index is 12.2. The Labute approximate surface area is 138 Å². The van der Waals surface area contributed by atoms with Crippen LogP contribution in [0.5, 0.6) is 5.75 Å². The summed E-state index contributed by atoms with van der Waals surface area (Å²) in [6.07, 6.45) is 1.84. The number of rotatable bonds is 5. The average Bonchev–Trinajstić information content (AvgIpc) is 3.18. The number of nitrogens with one attached hydrogen (secondary N) is 1. The van der Waals surface area contributed by atoms with Gasteiger partial charge in [-0.3, -0.25) is 9.59 Å². The zero-order chi connectivity index (χ0) is 16.2. The Morgan fingerprint density at radius 1 is 1.43 bits per heavy atom. The Hall–Kier alpha value is -2.41. The number of amides is 2. The molecule has 1 saturated heterocycles. The summed E-state index contributed by atoms with van der Waals surface area (Å²) in [7, 11) is 0. The van der Waals surface area contributed by atoms with E-state index < -0.39 is 0 Å². The topological polar surface area (TPSA) is 71.5 Å². The van der Waals surface area contributed by atoms with E-state index in [2.05, 4.69) is 10.3 Å². The number of thiazole rings is 1. The molecule has 0 unspecified atom stereocenters. The molecule has 2 amide bonds. The van der Waals surface area contributed by atoms with Crippen LogP contribution in [0.3, 0.4) is 0 Å². The molecule has 0 aliphatic carbocycles. The summed E-state index contributed by atoms with van der Waals surface area (Å²) in [6.45, 7) is 2.90. The highest BCUT2D eigenvalue weighted by Crippen LogP contribution is 2.27. The quantitative estimate of drug-likeness (QED) is 0.914. The molecular weight excluding hydrogens is 314 g/mol. The number of anilines is 2. The van der Waals surface area contributed by atoms with E-state index in [0.29, 0.717) is 18.3 Å². The fraction of sp³-hybridized carbons (Fsp3) is 0.312. The molecule has 1 aromatic carbocycles. The summed E-state index contributed by atoms with van der Waals surface area (Å²) in [5.74, 6) is 0.189. The lowest BCUT2D eigenvalue weighted by Crippen LogP contribution is -2.28. The Bertz CT molecular complexity index is 685. The highest BCUT2D eigenvalue weighted by molar-refractivity contribution is 7.13. The van der Waals surface area contributed by atoms with E-state index in [9.17, 15) is 9.59 Å². The van der Waals surface area contributed by atoms with Crippen LogP contribution in [0, 0.1) is 5.92 Å². The Morgan fingerprint density at radius 2 is 2.22 bits per heavy atom. The maximum absolute atomic E-state index is 12.2. The first-order valence-electron chi connectivity index (χ1n) is 7.41. The molecule has 6 nitrogen and oxygen atoms in total. The van der Waals surface area contributed by atoms with Crippen LogP contribution in [0.15, 0.2) is 35.8 Å². The van der Waals surface area contributed by atoms with Gasteiger partial charge in [-0.05, 0) is 31.2 Å². The van der Waals surface area contributed by atoms with Crippen LogP contribution in [0.2, 0.25) is 0 Å². The van der Waals surface area contributed by atoms with Crippen molar-refractivity contribution in [2.24, 2.45) is 5.92 Å². The molecule has 1 aliphatic rings. The van der Waals surface area contributed by atoms with Crippen molar-refractivity contribution in [3.63, 3.8) is 0 Å². The molecular formula is C16H17N3O3S. The molecule has 0 spiro atoms. The largest absolute Gasteiger partial charge is 0.494 e. The standard InChI is InChI=1S/C16H17N3O3S/c1-2-22-13-5-3-12(4-6-13)19-10-11(9-14(19)20)15(21)18-16-17-7-8-23-16/h3-8,11H,2,9-10H2,1H3,(H,17,18,21)/t11-/m1/s1. The molecule has 3 rings (SSSR count). The van der Waals surface area contributed by atoms with E-state index in [0.717, 1.165) is 11.4 Å². The van der Waals surface area contributed by atoms with Crippen molar-refractivity contribution in [2.75, 3.05) is 23.4 Å². The van der Waals surface area contributed by atoms with Gasteiger partial charge in [0.2, 0.25) is 11.8 Å². The number of carbonyl (C=O) groups is 2. The minimum Gasteiger partial charge on any atom is -0.494 e. The summed E-state index contributed by atoms with van der Waals surface area (Å²) in [4.78, 5) is 30.1. The smallest absolute Gasteiger partial charge is 0.231 e. The van der Waals surface area contributed by atoms with Crippen LogP contribution in [0.4, 0.5) is 10.8 Å². The number of nitrogens with zero attached hydrogens (tertiary/aromatic N) is 2. The normalized spacial score (nSPS) is 17.3. The summed E-state index contributed by atoms with van der Waals surface area (Å²) in [5.41, 5.74) is 0.781. The second-order valence-electron chi connectivity index (χ2n) is 5.16. The number of ether oxygens (including phenoxy) is 1. The average molecular weight is 331 g/mol. The Kier molecular flexibility index (Phi) is 4.57. The predicted octanol–water partition coefficient (Wildman–Crippen LogP) is 2.53. The number of carbonyl (C=O) groups excluding carboxylic acids is 2. The summed E-state index contributed by atoms with van der Waals surface area (Å²) < 4.78 is 5.40. The van der Waals surface area contributed by atoms with Crippen LogP contribution in [-0.4, -0.2) is 29.9 Å². The van der Waals surface area contributed by atoms with Crippen LogP contribution in [0.25, 0.3) is 0 Å². The van der Waals surface area contributed by atoms with E-state index in [-0.39, 0.29) is 24.2 Å². The lowest BCUT2D eigenvalue weighted by atomic mass is 10.1. The van der Waals surface area contributed by atoms with E-state index in [1.165, 1.54) is 11.3 Å². The third kappa shape index (κ3) is 3.50. The third-order valence-electron chi connectivity index (χ3n) is 3.62. The first kappa shape index (κ1) is 15.5. The number of hydrogen-bond donors (Lipinski definition) is 1. The van der Waals surface area contributed by atoms with Crippen molar-refractivity contribution in [3.8, 4) is 5.75 Å². The van der Waals surface area contributed by atoms with Gasteiger partial charge in [-0.2, -0.15) is 0 Å². The van der Waals surface area contributed by atoms with Gasteiger partial charge in [0.15, 0.2) is 5.13 Å². The minimum absolute atomic E-state index is 0.0477. The second kappa shape index (κ2) is 6.78. The molecule has 2 aromatic rings. The van der Waals surface area contributed by atoms with Gasteiger partial charge in [-0.15, -0.1) is 11.3 Å². The summed E-state index contributed by atoms with van der Waals surface area (Å²) in [5, 5.41) is 5.10. The molecule has 1 fully saturated rings. The molecule has 1 N–H and O–H groups in total. The van der Waals surface area contributed by atoms with Gasteiger partial charge >= 0.3 is 0 Å². The zero-order valence-corrected chi connectivity index (χ0v) is 13.5. The molecule has 120 valence electrons. The van der Waals surface area contributed by atoms with Gasteiger partial charge in [0, 0.05) is 30.2 Å².